The van der Waals surface area contributed by atoms with Crippen LogP contribution in [0.15, 0.2) is 35.1 Å². The number of anilines is 1. The third-order valence-electron chi connectivity index (χ3n) is 4.08. The second-order valence-electron chi connectivity index (χ2n) is 5.76. The number of carbonyl (C=O) groups excluding carboxylic acids is 2. The summed E-state index contributed by atoms with van der Waals surface area (Å²) in [7, 11) is 0. The maximum absolute atomic E-state index is 12.3. The van der Waals surface area contributed by atoms with Gasteiger partial charge in [-0.05, 0) is 31.9 Å². The van der Waals surface area contributed by atoms with Crippen molar-refractivity contribution in [3.63, 3.8) is 0 Å². The molecule has 7 nitrogen and oxygen atoms in total. The number of furan rings is 1. The van der Waals surface area contributed by atoms with E-state index in [0.29, 0.717) is 11.9 Å². The van der Waals surface area contributed by atoms with Crippen molar-refractivity contribution >= 4 is 17.6 Å². The summed E-state index contributed by atoms with van der Waals surface area (Å²) in [6.45, 7) is 1.63. The van der Waals surface area contributed by atoms with Crippen LogP contribution in [-0.2, 0) is 4.79 Å². The second-order valence-corrected chi connectivity index (χ2v) is 5.76. The zero-order valence-corrected chi connectivity index (χ0v) is 13.0. The smallest absolute Gasteiger partial charge is 0.287 e. The van der Waals surface area contributed by atoms with E-state index >= 15 is 0 Å². The van der Waals surface area contributed by atoms with E-state index in [4.69, 9.17) is 4.42 Å². The fraction of sp³-hybridized carbons (Fsp3) is 0.438. The normalized spacial score (nSPS) is 16.2. The Morgan fingerprint density at radius 2 is 2.13 bits per heavy atom. The molecule has 2 aromatic rings. The molecule has 0 unspecified atom stereocenters. The number of nitrogens with zero attached hydrogens (tertiary/aromatic N) is 2. The van der Waals surface area contributed by atoms with E-state index in [0.717, 1.165) is 12.8 Å². The quantitative estimate of drug-likeness (QED) is 0.886. The average molecular weight is 316 g/mol. The van der Waals surface area contributed by atoms with Crippen LogP contribution in [0.5, 0.6) is 0 Å². The molecule has 2 amide bonds. The molecule has 0 spiro atoms. The fourth-order valence-electron chi connectivity index (χ4n) is 2.83. The molecule has 1 saturated carbocycles. The summed E-state index contributed by atoms with van der Waals surface area (Å²) in [5.41, 5.74) is 0. The lowest BCUT2D eigenvalue weighted by molar-refractivity contribution is -0.117. The van der Waals surface area contributed by atoms with Gasteiger partial charge in [-0.25, -0.2) is 4.68 Å². The lowest BCUT2D eigenvalue weighted by Gasteiger charge is -2.17. The molecule has 7 heteroatoms. The Morgan fingerprint density at radius 3 is 2.83 bits per heavy atom. The maximum Gasteiger partial charge on any atom is 0.287 e. The Labute approximate surface area is 134 Å². The van der Waals surface area contributed by atoms with Crippen LogP contribution in [0, 0.1) is 0 Å². The Balaban J connectivity index is 1.60. The highest BCUT2D eigenvalue weighted by Gasteiger charge is 2.23. The first-order valence-electron chi connectivity index (χ1n) is 7.84. The monoisotopic (exact) mass is 316 g/mol. The number of nitrogens with one attached hydrogen (secondary N) is 2. The van der Waals surface area contributed by atoms with E-state index in [9.17, 15) is 9.59 Å². The van der Waals surface area contributed by atoms with Gasteiger partial charge in [0.25, 0.3) is 5.91 Å². The maximum atomic E-state index is 12.3. The van der Waals surface area contributed by atoms with Crippen LogP contribution in [0.3, 0.4) is 0 Å². The summed E-state index contributed by atoms with van der Waals surface area (Å²) in [5, 5.41) is 9.75. The molecule has 2 heterocycles. The van der Waals surface area contributed by atoms with E-state index in [1.54, 1.807) is 31.3 Å². The van der Waals surface area contributed by atoms with E-state index in [2.05, 4.69) is 15.7 Å². The lowest BCUT2D eigenvalue weighted by Crippen LogP contribution is -2.41. The van der Waals surface area contributed by atoms with Crippen molar-refractivity contribution in [2.24, 2.45) is 0 Å². The molecule has 122 valence electrons. The highest BCUT2D eigenvalue weighted by atomic mass is 16.3. The van der Waals surface area contributed by atoms with Crippen molar-refractivity contribution in [3.05, 3.63) is 36.4 Å². The molecule has 0 radical (unpaired) electrons. The van der Waals surface area contributed by atoms with Gasteiger partial charge in [0, 0.05) is 6.07 Å². The Hall–Kier alpha value is -2.57. The van der Waals surface area contributed by atoms with Gasteiger partial charge in [-0.1, -0.05) is 12.8 Å². The van der Waals surface area contributed by atoms with Gasteiger partial charge in [-0.2, -0.15) is 5.10 Å². The van der Waals surface area contributed by atoms with E-state index in [1.165, 1.54) is 19.1 Å². The summed E-state index contributed by atoms with van der Waals surface area (Å²) in [5.74, 6) is 0.147. The number of rotatable bonds is 5. The van der Waals surface area contributed by atoms with Crippen molar-refractivity contribution in [1.82, 2.24) is 15.1 Å². The molecule has 3 rings (SSSR count). The summed E-state index contributed by atoms with van der Waals surface area (Å²) in [4.78, 5) is 24.2. The SMILES string of the molecule is C[C@@H](NC(=O)c1ccco1)C(=O)Nc1ccnn1C1CCCC1. The number of carbonyl (C=O) groups is 2. The van der Waals surface area contributed by atoms with E-state index in [-0.39, 0.29) is 11.7 Å². The number of hydrogen-bond acceptors (Lipinski definition) is 4. The summed E-state index contributed by atoms with van der Waals surface area (Å²) in [6, 6.07) is 4.61. The van der Waals surface area contributed by atoms with Crippen molar-refractivity contribution in [1.29, 1.82) is 0 Å². The van der Waals surface area contributed by atoms with Crippen molar-refractivity contribution in [3.8, 4) is 0 Å². The van der Waals surface area contributed by atoms with Gasteiger partial charge in [0.05, 0.1) is 18.5 Å². The number of aromatic nitrogens is 2. The molecular weight excluding hydrogens is 296 g/mol. The Bertz CT molecular complexity index is 671. The minimum atomic E-state index is -0.681. The Kier molecular flexibility index (Phi) is 4.45. The molecule has 23 heavy (non-hydrogen) atoms. The van der Waals surface area contributed by atoms with Gasteiger partial charge in [-0.15, -0.1) is 0 Å². The van der Waals surface area contributed by atoms with E-state index in [1.807, 2.05) is 4.68 Å². The molecular formula is C16H20N4O3. The van der Waals surface area contributed by atoms with E-state index < -0.39 is 11.9 Å². The largest absolute Gasteiger partial charge is 0.459 e. The first-order valence-corrected chi connectivity index (χ1v) is 7.84. The second kappa shape index (κ2) is 6.68. The molecule has 1 atom stereocenters. The zero-order chi connectivity index (χ0) is 16.2. The van der Waals surface area contributed by atoms with Crippen LogP contribution >= 0.6 is 0 Å². The standard InChI is InChI=1S/C16H20N4O3/c1-11(18-16(22)13-7-4-10-23-13)15(21)19-14-8-9-17-20(14)12-5-2-3-6-12/h4,7-12H,2-3,5-6H2,1H3,(H,18,22)(H,19,21)/t11-/m1/s1. The van der Waals surface area contributed by atoms with Crippen LogP contribution in [0.2, 0.25) is 0 Å². The zero-order valence-electron chi connectivity index (χ0n) is 13.0. The highest BCUT2D eigenvalue weighted by molar-refractivity contribution is 5.99. The summed E-state index contributed by atoms with van der Waals surface area (Å²) >= 11 is 0. The van der Waals surface area contributed by atoms with Crippen molar-refractivity contribution in [2.45, 2.75) is 44.7 Å². The summed E-state index contributed by atoms with van der Waals surface area (Å²) < 4.78 is 6.88. The topological polar surface area (TPSA) is 89.2 Å². The highest BCUT2D eigenvalue weighted by Crippen LogP contribution is 2.31. The fourth-order valence-corrected chi connectivity index (χ4v) is 2.83. The molecule has 0 saturated heterocycles. The first-order chi connectivity index (χ1) is 11.1. The Morgan fingerprint density at radius 1 is 1.35 bits per heavy atom. The van der Waals surface area contributed by atoms with Crippen LogP contribution in [0.25, 0.3) is 0 Å². The van der Waals surface area contributed by atoms with Gasteiger partial charge in [0.1, 0.15) is 11.9 Å². The van der Waals surface area contributed by atoms with Crippen LogP contribution in [0.4, 0.5) is 5.82 Å². The third kappa shape index (κ3) is 3.44. The van der Waals surface area contributed by atoms with Crippen molar-refractivity contribution in [2.75, 3.05) is 5.32 Å². The molecule has 1 fully saturated rings. The lowest BCUT2D eigenvalue weighted by atomic mass is 10.2. The number of hydrogen-bond donors (Lipinski definition) is 2. The van der Waals surface area contributed by atoms with Crippen LogP contribution in [0.1, 0.15) is 49.2 Å². The third-order valence-corrected chi connectivity index (χ3v) is 4.08. The minimum Gasteiger partial charge on any atom is -0.459 e. The molecule has 0 aliphatic heterocycles. The van der Waals surface area contributed by atoms with Crippen LogP contribution < -0.4 is 10.6 Å². The predicted octanol–water partition coefficient (Wildman–Crippen LogP) is 2.35. The van der Waals surface area contributed by atoms with Gasteiger partial charge in [0.15, 0.2) is 5.76 Å². The summed E-state index contributed by atoms with van der Waals surface area (Å²) in [6.07, 6.45) is 7.63. The molecule has 1 aliphatic carbocycles. The van der Waals surface area contributed by atoms with Crippen LogP contribution in [-0.4, -0.2) is 27.6 Å². The van der Waals surface area contributed by atoms with Crippen molar-refractivity contribution < 1.29 is 14.0 Å². The van der Waals surface area contributed by atoms with Gasteiger partial charge in [-0.3, -0.25) is 9.59 Å². The van der Waals surface area contributed by atoms with Gasteiger partial charge < -0.3 is 15.1 Å². The molecule has 0 aromatic carbocycles. The molecule has 0 bridgehead atoms. The number of amides is 2. The van der Waals surface area contributed by atoms with Gasteiger partial charge in [0.2, 0.25) is 5.91 Å². The predicted molar refractivity (Wildman–Crippen MR) is 84.0 cm³/mol. The average Bonchev–Trinajstić information content (AvgIpc) is 3.28. The molecule has 1 aliphatic rings. The molecule has 2 N–H and O–H groups in total. The molecule has 2 aromatic heterocycles. The first kappa shape index (κ1) is 15.3. The van der Waals surface area contributed by atoms with Gasteiger partial charge >= 0.3 is 0 Å². The minimum absolute atomic E-state index is 0.181.